The van der Waals surface area contributed by atoms with Gasteiger partial charge in [-0.15, -0.1) is 11.3 Å². The zero-order valence-corrected chi connectivity index (χ0v) is 21.8. The van der Waals surface area contributed by atoms with E-state index in [1.807, 2.05) is 6.92 Å². The second-order valence-corrected chi connectivity index (χ2v) is 9.20. The lowest BCUT2D eigenvalue weighted by Gasteiger charge is -2.25. The van der Waals surface area contributed by atoms with Crippen LogP contribution in [0.25, 0.3) is 0 Å². The molecule has 1 heterocycles. The topological polar surface area (TPSA) is 56.8 Å². The summed E-state index contributed by atoms with van der Waals surface area (Å²) in [6.45, 7) is 10.0. The van der Waals surface area contributed by atoms with Gasteiger partial charge in [0.1, 0.15) is 5.69 Å². The number of rotatable bonds is 10. The van der Waals surface area contributed by atoms with E-state index in [2.05, 4.69) is 23.7 Å². The van der Waals surface area contributed by atoms with Crippen molar-refractivity contribution in [3.63, 3.8) is 0 Å². The maximum Gasteiger partial charge on any atom is 0.273 e. The molecule has 1 aromatic heterocycles. The molecule has 180 valence electrons. The number of thiazole rings is 1. The van der Waals surface area contributed by atoms with Gasteiger partial charge in [0.15, 0.2) is 5.13 Å². The Bertz CT molecular complexity index is 1120. The number of hydrogen-bond acceptors (Lipinski definition) is 5. The molecule has 9 heteroatoms. The van der Waals surface area contributed by atoms with E-state index in [0.29, 0.717) is 45.2 Å². The highest BCUT2D eigenvalue weighted by Crippen LogP contribution is 2.33. The Morgan fingerprint density at radius 1 is 0.882 bits per heavy atom. The Morgan fingerprint density at radius 2 is 1.56 bits per heavy atom. The standard InChI is InChI=1S/C25H28Cl2N4O2S/c1-4-29(5-2)15-16-30(6-3)24(33)22-17-34-25(28-22)31(19-13-11-18(26)12-14-19)23(32)20-9-7-8-10-21(20)27/h7-14,17H,4-6,15-16H2,1-3H3. The van der Waals surface area contributed by atoms with Gasteiger partial charge >= 0.3 is 0 Å². The van der Waals surface area contributed by atoms with Gasteiger partial charge in [-0.05, 0) is 56.4 Å². The molecule has 0 aliphatic heterocycles. The normalized spacial score (nSPS) is 11.0. The van der Waals surface area contributed by atoms with E-state index in [9.17, 15) is 9.59 Å². The van der Waals surface area contributed by atoms with Crippen molar-refractivity contribution in [3.8, 4) is 0 Å². The highest BCUT2D eigenvalue weighted by Gasteiger charge is 2.26. The molecule has 0 saturated carbocycles. The van der Waals surface area contributed by atoms with E-state index in [1.165, 1.54) is 16.2 Å². The molecule has 0 aliphatic carbocycles. The van der Waals surface area contributed by atoms with Crippen LogP contribution in [0.3, 0.4) is 0 Å². The van der Waals surface area contributed by atoms with Gasteiger partial charge in [-0.25, -0.2) is 4.98 Å². The minimum absolute atomic E-state index is 0.154. The van der Waals surface area contributed by atoms with Crippen LogP contribution < -0.4 is 4.90 Å². The Kier molecular flexibility index (Phi) is 9.47. The summed E-state index contributed by atoms with van der Waals surface area (Å²) < 4.78 is 0. The molecule has 2 aromatic carbocycles. The first kappa shape index (κ1) is 26.2. The summed E-state index contributed by atoms with van der Waals surface area (Å²) in [5, 5.41) is 2.97. The Morgan fingerprint density at radius 3 is 2.18 bits per heavy atom. The van der Waals surface area contributed by atoms with Gasteiger partial charge in [0.25, 0.3) is 11.8 Å². The smallest absolute Gasteiger partial charge is 0.273 e. The third kappa shape index (κ3) is 6.16. The molecule has 2 amide bonds. The molecule has 0 saturated heterocycles. The molecule has 0 spiro atoms. The minimum atomic E-state index is -0.338. The van der Waals surface area contributed by atoms with E-state index in [4.69, 9.17) is 23.2 Å². The second kappa shape index (κ2) is 12.3. The number of carbonyl (C=O) groups excluding carboxylic acids is 2. The van der Waals surface area contributed by atoms with Crippen molar-refractivity contribution in [2.75, 3.05) is 37.6 Å². The second-order valence-electron chi connectivity index (χ2n) is 7.52. The summed E-state index contributed by atoms with van der Waals surface area (Å²) in [7, 11) is 0. The number of amides is 2. The SMILES string of the molecule is CCN(CC)CCN(CC)C(=O)c1csc(N(C(=O)c2ccccc2Cl)c2ccc(Cl)cc2)n1. The number of hydrogen-bond donors (Lipinski definition) is 0. The van der Waals surface area contributed by atoms with Crippen LogP contribution in [0.5, 0.6) is 0 Å². The number of likely N-dealkylation sites (N-methyl/N-ethyl adjacent to an activating group) is 2. The van der Waals surface area contributed by atoms with Crippen LogP contribution in [-0.4, -0.2) is 59.3 Å². The van der Waals surface area contributed by atoms with Crippen molar-refractivity contribution in [2.24, 2.45) is 0 Å². The molecule has 3 rings (SSSR count). The van der Waals surface area contributed by atoms with E-state index >= 15 is 0 Å². The number of aromatic nitrogens is 1. The summed E-state index contributed by atoms with van der Waals surface area (Å²) in [6, 6.07) is 13.7. The molecule has 6 nitrogen and oxygen atoms in total. The largest absolute Gasteiger partial charge is 0.336 e. The molecule has 0 radical (unpaired) electrons. The molecule has 0 fully saturated rings. The molecule has 0 N–H and O–H groups in total. The van der Waals surface area contributed by atoms with Crippen LogP contribution in [0, 0.1) is 0 Å². The van der Waals surface area contributed by atoms with Crippen LogP contribution in [0.15, 0.2) is 53.9 Å². The predicted molar refractivity (Wildman–Crippen MR) is 141 cm³/mol. The molecule has 34 heavy (non-hydrogen) atoms. The number of carbonyl (C=O) groups is 2. The maximum atomic E-state index is 13.5. The van der Waals surface area contributed by atoms with Gasteiger partial charge < -0.3 is 9.80 Å². The fourth-order valence-corrected chi connectivity index (χ4v) is 4.65. The minimum Gasteiger partial charge on any atom is -0.336 e. The van der Waals surface area contributed by atoms with Crippen molar-refractivity contribution in [2.45, 2.75) is 20.8 Å². The molecular formula is C25H28Cl2N4O2S. The van der Waals surface area contributed by atoms with Gasteiger partial charge in [-0.3, -0.25) is 14.5 Å². The fourth-order valence-electron chi connectivity index (χ4n) is 3.49. The van der Waals surface area contributed by atoms with E-state index < -0.39 is 0 Å². The van der Waals surface area contributed by atoms with Gasteiger partial charge in [0, 0.05) is 30.0 Å². The Labute approximate surface area is 214 Å². The van der Waals surface area contributed by atoms with E-state index in [0.717, 1.165) is 19.6 Å². The monoisotopic (exact) mass is 518 g/mol. The van der Waals surface area contributed by atoms with Crippen molar-refractivity contribution >= 4 is 57.2 Å². The average molecular weight is 519 g/mol. The van der Waals surface area contributed by atoms with E-state index in [-0.39, 0.29) is 11.8 Å². The lowest BCUT2D eigenvalue weighted by atomic mass is 10.2. The first-order valence-electron chi connectivity index (χ1n) is 11.2. The predicted octanol–water partition coefficient (Wildman–Crippen LogP) is 6.23. The summed E-state index contributed by atoms with van der Waals surface area (Å²) >= 11 is 13.6. The van der Waals surface area contributed by atoms with Crippen LogP contribution in [-0.2, 0) is 0 Å². The molecule has 0 aliphatic rings. The zero-order valence-electron chi connectivity index (χ0n) is 19.5. The summed E-state index contributed by atoms with van der Waals surface area (Å²) in [5.74, 6) is -0.492. The van der Waals surface area contributed by atoms with Crippen molar-refractivity contribution in [3.05, 3.63) is 75.2 Å². The van der Waals surface area contributed by atoms with E-state index in [1.54, 1.807) is 58.8 Å². The Hall–Kier alpha value is -2.45. The van der Waals surface area contributed by atoms with Crippen molar-refractivity contribution in [1.82, 2.24) is 14.8 Å². The van der Waals surface area contributed by atoms with Crippen LogP contribution in [0.2, 0.25) is 10.0 Å². The number of anilines is 2. The van der Waals surface area contributed by atoms with Gasteiger partial charge in [0.2, 0.25) is 0 Å². The van der Waals surface area contributed by atoms with Crippen LogP contribution in [0.4, 0.5) is 10.8 Å². The Balaban J connectivity index is 1.92. The zero-order chi connectivity index (χ0) is 24.7. The third-order valence-electron chi connectivity index (χ3n) is 5.54. The molecule has 0 atom stereocenters. The van der Waals surface area contributed by atoms with Crippen molar-refractivity contribution < 1.29 is 9.59 Å². The van der Waals surface area contributed by atoms with Gasteiger partial charge in [-0.2, -0.15) is 0 Å². The molecule has 0 unspecified atom stereocenters. The lowest BCUT2D eigenvalue weighted by molar-refractivity contribution is 0.0741. The molecule has 3 aromatic rings. The number of nitrogens with zero attached hydrogens (tertiary/aromatic N) is 4. The summed E-state index contributed by atoms with van der Waals surface area (Å²) in [5.41, 5.74) is 1.24. The number of halogens is 2. The highest BCUT2D eigenvalue weighted by atomic mass is 35.5. The first-order valence-corrected chi connectivity index (χ1v) is 12.8. The lowest BCUT2D eigenvalue weighted by Crippen LogP contribution is -2.38. The highest BCUT2D eigenvalue weighted by molar-refractivity contribution is 7.14. The fraction of sp³-hybridized carbons (Fsp3) is 0.320. The summed E-state index contributed by atoms with van der Waals surface area (Å²) in [4.78, 5) is 36.8. The van der Waals surface area contributed by atoms with Crippen LogP contribution in [0.1, 0.15) is 41.6 Å². The molecule has 0 bridgehead atoms. The summed E-state index contributed by atoms with van der Waals surface area (Å²) in [6.07, 6.45) is 0. The maximum absolute atomic E-state index is 13.5. The van der Waals surface area contributed by atoms with Crippen molar-refractivity contribution in [1.29, 1.82) is 0 Å². The first-order chi connectivity index (χ1) is 16.4. The quantitative estimate of drug-likeness (QED) is 0.319. The van der Waals surface area contributed by atoms with Gasteiger partial charge in [-0.1, -0.05) is 49.2 Å². The average Bonchev–Trinajstić information content (AvgIpc) is 3.33. The number of benzene rings is 2. The molecular weight excluding hydrogens is 491 g/mol. The van der Waals surface area contributed by atoms with Crippen LogP contribution >= 0.6 is 34.5 Å². The van der Waals surface area contributed by atoms with Gasteiger partial charge in [0.05, 0.1) is 16.3 Å². The third-order valence-corrected chi connectivity index (χ3v) is 6.95.